The third-order valence-electron chi connectivity index (χ3n) is 2.69. The van der Waals surface area contributed by atoms with Gasteiger partial charge in [-0.3, -0.25) is 4.79 Å². The number of benzene rings is 2. The molecule has 22 heavy (non-hydrogen) atoms. The molecular formula is C16H16ClLiO4. The summed E-state index contributed by atoms with van der Waals surface area (Å²) in [5.41, 5.74) is 1.10. The minimum absolute atomic E-state index is 0.534. The van der Waals surface area contributed by atoms with Crippen LogP contribution in [-0.4, -0.2) is 35.9 Å². The van der Waals surface area contributed by atoms with Crippen molar-refractivity contribution in [2.24, 2.45) is 0 Å². The molecule has 2 aromatic rings. The summed E-state index contributed by atoms with van der Waals surface area (Å²) < 4.78 is 11.9. The molecule has 0 amide bonds. The van der Waals surface area contributed by atoms with Gasteiger partial charge in [0.1, 0.15) is 0 Å². The van der Waals surface area contributed by atoms with Gasteiger partial charge in [-0.2, -0.15) is 0 Å². The van der Waals surface area contributed by atoms with Gasteiger partial charge in [-0.25, -0.2) is 0 Å². The number of ether oxygens (including phenoxy) is 2. The van der Waals surface area contributed by atoms with Crippen molar-refractivity contribution in [1.29, 1.82) is 0 Å². The Labute approximate surface area is 144 Å². The molecule has 0 aromatic heterocycles. The third-order valence-corrected chi connectivity index (χ3v) is 2.93. The van der Waals surface area contributed by atoms with Gasteiger partial charge in [-0.05, 0) is 0 Å². The summed E-state index contributed by atoms with van der Waals surface area (Å²) in [6.07, 6.45) is 0. The number of hydrogen-bond acceptors (Lipinski definition) is 3. The average Bonchev–Trinajstić information content (AvgIpc) is 2.46. The SMILES string of the molecule is CC(=O)O.[Li][c]1cc(Cl)ccc1OCc1ccc(OC)cc1. The molecule has 0 aliphatic heterocycles. The van der Waals surface area contributed by atoms with Gasteiger partial charge < -0.3 is 5.11 Å². The summed E-state index contributed by atoms with van der Waals surface area (Å²) >= 11 is 7.88. The predicted molar refractivity (Wildman–Crippen MR) is 87.5 cm³/mol. The van der Waals surface area contributed by atoms with Crippen LogP contribution in [0.3, 0.4) is 0 Å². The number of carboxylic acid groups (broad SMARTS) is 1. The molecule has 0 saturated heterocycles. The van der Waals surface area contributed by atoms with Gasteiger partial charge in [0, 0.05) is 6.92 Å². The molecule has 0 aliphatic carbocycles. The summed E-state index contributed by atoms with van der Waals surface area (Å²) in [6.45, 7) is 1.62. The number of halogens is 1. The molecule has 1 N–H and O–H groups in total. The summed E-state index contributed by atoms with van der Waals surface area (Å²) in [5.74, 6) is 0.872. The number of rotatable bonds is 4. The van der Waals surface area contributed by atoms with Gasteiger partial charge in [-0.1, -0.05) is 0 Å². The van der Waals surface area contributed by atoms with E-state index in [1.165, 1.54) is 0 Å². The van der Waals surface area contributed by atoms with Crippen molar-refractivity contribution in [2.45, 2.75) is 13.5 Å². The third kappa shape index (κ3) is 6.91. The second-order valence-corrected chi connectivity index (χ2v) is 5.00. The maximum absolute atomic E-state index is 9.00. The first-order chi connectivity index (χ1) is 10.4. The van der Waals surface area contributed by atoms with Crippen LogP contribution >= 0.6 is 11.6 Å². The van der Waals surface area contributed by atoms with Gasteiger partial charge in [0.25, 0.3) is 5.97 Å². The first-order valence-corrected chi connectivity index (χ1v) is 7.01. The summed E-state index contributed by atoms with van der Waals surface area (Å²) in [6, 6.07) is 13.4. The van der Waals surface area contributed by atoms with Gasteiger partial charge in [0.15, 0.2) is 0 Å². The van der Waals surface area contributed by atoms with E-state index < -0.39 is 5.97 Å². The monoisotopic (exact) mass is 314 g/mol. The van der Waals surface area contributed by atoms with Crippen molar-refractivity contribution in [3.05, 3.63) is 53.1 Å². The normalized spacial score (nSPS) is 9.50. The first-order valence-electron chi connectivity index (χ1n) is 6.63. The van der Waals surface area contributed by atoms with Crippen LogP contribution in [0.1, 0.15) is 12.5 Å². The zero-order chi connectivity index (χ0) is 16.5. The zero-order valence-corrected chi connectivity index (χ0v) is 13.6. The fourth-order valence-corrected chi connectivity index (χ4v) is 1.88. The van der Waals surface area contributed by atoms with E-state index in [9.17, 15) is 0 Å². The summed E-state index contributed by atoms with van der Waals surface area (Å²) in [5, 5.41) is 8.14. The zero-order valence-electron chi connectivity index (χ0n) is 12.8. The summed E-state index contributed by atoms with van der Waals surface area (Å²) in [4.78, 5) is 9.00. The van der Waals surface area contributed by atoms with Crippen LogP contribution < -0.4 is 13.7 Å². The van der Waals surface area contributed by atoms with E-state index in [1.54, 1.807) is 7.11 Å². The fourth-order valence-electron chi connectivity index (χ4n) is 1.66. The van der Waals surface area contributed by atoms with Crippen molar-refractivity contribution in [1.82, 2.24) is 0 Å². The van der Waals surface area contributed by atoms with E-state index in [-0.39, 0.29) is 0 Å². The molecule has 2 rings (SSSR count). The van der Waals surface area contributed by atoms with Crippen LogP contribution in [0.15, 0.2) is 42.5 Å². The molecule has 0 aliphatic rings. The van der Waals surface area contributed by atoms with E-state index in [0.29, 0.717) is 6.61 Å². The number of carboxylic acids is 1. The molecule has 0 bridgehead atoms. The van der Waals surface area contributed by atoms with Crippen LogP contribution in [0.5, 0.6) is 11.5 Å². The van der Waals surface area contributed by atoms with E-state index in [4.69, 9.17) is 31.0 Å². The Bertz CT molecular complexity index is 610. The van der Waals surface area contributed by atoms with E-state index in [1.807, 2.05) is 60.2 Å². The number of carbonyl (C=O) groups is 1. The fraction of sp³-hybridized carbons (Fsp3) is 0.188. The van der Waals surface area contributed by atoms with Gasteiger partial charge in [0.2, 0.25) is 0 Å². The topological polar surface area (TPSA) is 55.8 Å². The van der Waals surface area contributed by atoms with Crippen molar-refractivity contribution >= 4 is 39.5 Å². The first kappa shape index (κ1) is 18.4. The van der Waals surface area contributed by atoms with Gasteiger partial charge in [-0.15, -0.1) is 0 Å². The Kier molecular flexibility index (Phi) is 7.90. The Morgan fingerprint density at radius 1 is 1.23 bits per heavy atom. The Hall–Kier alpha value is -1.60. The van der Waals surface area contributed by atoms with Crippen LogP contribution in [-0.2, 0) is 11.4 Å². The van der Waals surface area contributed by atoms with E-state index in [0.717, 1.165) is 33.2 Å². The van der Waals surface area contributed by atoms with Crippen molar-refractivity contribution < 1.29 is 19.4 Å². The number of aliphatic carboxylic acids is 1. The Balaban J connectivity index is 0.000000541. The maximum atomic E-state index is 9.00. The molecule has 0 heterocycles. The summed E-state index contributed by atoms with van der Waals surface area (Å²) in [7, 11) is 1.66. The van der Waals surface area contributed by atoms with Crippen LogP contribution in [0.4, 0.5) is 0 Å². The molecular weight excluding hydrogens is 299 g/mol. The second kappa shape index (κ2) is 9.42. The molecule has 2 aromatic carbocycles. The molecule has 0 fully saturated rings. The quantitative estimate of drug-likeness (QED) is 0.882. The van der Waals surface area contributed by atoms with E-state index in [2.05, 4.69) is 0 Å². The van der Waals surface area contributed by atoms with E-state index >= 15 is 0 Å². The standard InChI is InChI=1S/C14H12ClO2.C2H4O2.Li/c1-16-13-6-2-11(3-7-13)10-17-14-8-4-12(15)5-9-14;1-2(3)4;/h2-8H,10H2,1H3;1H3,(H,3,4);. The molecule has 4 nitrogen and oxygen atoms in total. The van der Waals surface area contributed by atoms with Crippen LogP contribution in [0.2, 0.25) is 5.02 Å². The number of hydrogen-bond donors (Lipinski definition) is 1. The molecule has 112 valence electrons. The van der Waals surface area contributed by atoms with Crippen molar-refractivity contribution in [3.8, 4) is 11.5 Å². The average molecular weight is 315 g/mol. The number of methoxy groups -OCH3 is 1. The van der Waals surface area contributed by atoms with Gasteiger partial charge >= 0.3 is 121 Å². The Morgan fingerprint density at radius 3 is 2.32 bits per heavy atom. The van der Waals surface area contributed by atoms with Gasteiger partial charge in [0.05, 0.1) is 0 Å². The molecule has 0 unspecified atom stereocenters. The Morgan fingerprint density at radius 2 is 1.82 bits per heavy atom. The second-order valence-electron chi connectivity index (χ2n) is 4.57. The molecule has 0 atom stereocenters. The molecule has 6 heteroatoms. The molecule has 0 spiro atoms. The van der Waals surface area contributed by atoms with Crippen molar-refractivity contribution in [3.63, 3.8) is 0 Å². The van der Waals surface area contributed by atoms with Crippen LogP contribution in [0, 0.1) is 0 Å². The predicted octanol–water partition coefficient (Wildman–Crippen LogP) is 2.81. The molecule has 0 saturated carbocycles. The van der Waals surface area contributed by atoms with Crippen molar-refractivity contribution in [2.75, 3.05) is 7.11 Å². The minimum atomic E-state index is -0.833. The molecule has 0 radical (unpaired) electrons. The van der Waals surface area contributed by atoms with Crippen LogP contribution in [0.25, 0.3) is 0 Å².